The molecule has 0 aliphatic heterocycles. The van der Waals surface area contributed by atoms with E-state index < -0.39 is 11.9 Å². The van der Waals surface area contributed by atoms with Gasteiger partial charge in [0.25, 0.3) is 0 Å². The van der Waals surface area contributed by atoms with Crippen molar-refractivity contribution in [2.75, 3.05) is 18.5 Å². The molecule has 1 aromatic carbocycles. The van der Waals surface area contributed by atoms with Crippen molar-refractivity contribution in [2.45, 2.75) is 25.9 Å². The van der Waals surface area contributed by atoms with E-state index in [1.807, 2.05) is 13.8 Å². The monoisotopic (exact) mass is 438 g/mol. The number of hydrogen-bond donors (Lipinski definition) is 3. The third-order valence-corrected chi connectivity index (χ3v) is 5.00. The third-order valence-electron chi connectivity index (χ3n) is 3.68. The van der Waals surface area contributed by atoms with Crippen LogP contribution in [0.4, 0.5) is 10.3 Å². The van der Waals surface area contributed by atoms with E-state index in [2.05, 4.69) is 25.5 Å². The summed E-state index contributed by atoms with van der Waals surface area (Å²) in [7, 11) is 0. The van der Waals surface area contributed by atoms with Crippen LogP contribution in [-0.2, 0) is 0 Å². The third kappa shape index (κ3) is 5.36. The predicted molar refractivity (Wildman–Crippen MR) is 111 cm³/mol. The molecule has 0 spiro atoms. The van der Waals surface area contributed by atoms with Crippen LogP contribution in [0.15, 0.2) is 24.5 Å². The number of hydrogen-bond acceptors (Lipinski definition) is 9. The zero-order chi connectivity index (χ0) is 21.0. The summed E-state index contributed by atoms with van der Waals surface area (Å²) in [6, 6.07) is 2.20. The molecule has 154 valence electrons. The average Bonchev–Trinajstić information content (AvgIpc) is 3.18. The van der Waals surface area contributed by atoms with Gasteiger partial charge in [0, 0.05) is 35.6 Å². The Labute approximate surface area is 175 Å². The van der Waals surface area contributed by atoms with E-state index in [0.29, 0.717) is 27.1 Å². The van der Waals surface area contributed by atoms with E-state index in [1.165, 1.54) is 23.5 Å². The van der Waals surface area contributed by atoms with Crippen LogP contribution in [0.5, 0.6) is 5.75 Å². The van der Waals surface area contributed by atoms with Crippen LogP contribution in [0, 0.1) is 5.82 Å². The first kappa shape index (κ1) is 21.3. The fourth-order valence-corrected chi connectivity index (χ4v) is 3.42. The molecule has 0 aliphatic carbocycles. The van der Waals surface area contributed by atoms with Gasteiger partial charge in [0.1, 0.15) is 11.6 Å². The number of anilines is 1. The van der Waals surface area contributed by atoms with E-state index in [-0.39, 0.29) is 30.0 Å². The SMILES string of the molecule is CC(C)Nc1ncc(-c2nnc(-c3cc(F)c(OCC(N)CO)cc3Cl)s2)cn1. The van der Waals surface area contributed by atoms with Crippen LogP contribution in [0.3, 0.4) is 0 Å². The summed E-state index contributed by atoms with van der Waals surface area (Å²) >= 11 is 7.53. The Morgan fingerprint density at radius 3 is 2.59 bits per heavy atom. The van der Waals surface area contributed by atoms with Crippen LogP contribution in [0.2, 0.25) is 5.02 Å². The lowest BCUT2D eigenvalue weighted by Crippen LogP contribution is -2.31. The Kier molecular flexibility index (Phi) is 6.91. The van der Waals surface area contributed by atoms with Crippen molar-refractivity contribution in [3.05, 3.63) is 35.4 Å². The molecule has 2 heterocycles. The molecule has 1 atom stereocenters. The highest BCUT2D eigenvalue weighted by molar-refractivity contribution is 7.18. The van der Waals surface area contributed by atoms with Crippen molar-refractivity contribution in [3.63, 3.8) is 0 Å². The van der Waals surface area contributed by atoms with Crippen molar-refractivity contribution in [1.82, 2.24) is 20.2 Å². The Balaban J connectivity index is 1.80. The summed E-state index contributed by atoms with van der Waals surface area (Å²) in [5.74, 6) is -0.136. The number of aliphatic hydroxyl groups is 1. The summed E-state index contributed by atoms with van der Waals surface area (Å²) in [5.41, 5.74) is 6.65. The highest BCUT2D eigenvalue weighted by Gasteiger charge is 2.17. The molecule has 8 nitrogen and oxygen atoms in total. The molecular weight excluding hydrogens is 419 g/mol. The van der Waals surface area contributed by atoms with Gasteiger partial charge in [-0.2, -0.15) is 0 Å². The number of nitrogens with two attached hydrogens (primary N) is 1. The quantitative estimate of drug-likeness (QED) is 0.491. The molecule has 0 saturated heterocycles. The molecule has 0 fully saturated rings. The van der Waals surface area contributed by atoms with Crippen molar-refractivity contribution in [2.24, 2.45) is 5.73 Å². The molecule has 0 saturated carbocycles. The van der Waals surface area contributed by atoms with Crippen molar-refractivity contribution < 1.29 is 14.2 Å². The first-order chi connectivity index (χ1) is 13.9. The highest BCUT2D eigenvalue weighted by atomic mass is 35.5. The number of nitrogens with zero attached hydrogens (tertiary/aromatic N) is 4. The molecule has 0 amide bonds. The summed E-state index contributed by atoms with van der Waals surface area (Å²) in [6.45, 7) is 3.69. The molecule has 0 aliphatic rings. The summed E-state index contributed by atoms with van der Waals surface area (Å²) in [6.07, 6.45) is 3.29. The summed E-state index contributed by atoms with van der Waals surface area (Å²) < 4.78 is 19.7. The molecule has 3 rings (SSSR count). The maximum atomic E-state index is 14.4. The second kappa shape index (κ2) is 9.40. The second-order valence-corrected chi connectivity index (χ2v) is 7.91. The lowest BCUT2D eigenvalue weighted by Gasteiger charge is -2.12. The Morgan fingerprint density at radius 2 is 1.93 bits per heavy atom. The van der Waals surface area contributed by atoms with Gasteiger partial charge in [-0.1, -0.05) is 22.9 Å². The zero-order valence-corrected chi connectivity index (χ0v) is 17.3. The van der Waals surface area contributed by atoms with Gasteiger partial charge in [0.15, 0.2) is 16.6 Å². The van der Waals surface area contributed by atoms with Gasteiger partial charge in [-0.05, 0) is 19.9 Å². The molecule has 0 radical (unpaired) electrons. The molecule has 4 N–H and O–H groups in total. The molecular formula is C18H20ClFN6O2S. The average molecular weight is 439 g/mol. The van der Waals surface area contributed by atoms with Crippen molar-refractivity contribution in [1.29, 1.82) is 0 Å². The molecule has 0 bridgehead atoms. The fraction of sp³-hybridized carbons (Fsp3) is 0.333. The first-order valence-electron chi connectivity index (χ1n) is 8.78. The minimum absolute atomic E-state index is 0.0340. The maximum Gasteiger partial charge on any atom is 0.222 e. The largest absolute Gasteiger partial charge is 0.489 e. The van der Waals surface area contributed by atoms with Gasteiger partial charge >= 0.3 is 0 Å². The first-order valence-corrected chi connectivity index (χ1v) is 9.98. The maximum absolute atomic E-state index is 14.4. The topological polar surface area (TPSA) is 119 Å². The van der Waals surface area contributed by atoms with Crippen LogP contribution in [0.1, 0.15) is 13.8 Å². The van der Waals surface area contributed by atoms with Crippen LogP contribution < -0.4 is 15.8 Å². The Hall–Kier alpha value is -2.40. The number of aliphatic hydroxyl groups excluding tert-OH is 1. The minimum Gasteiger partial charge on any atom is -0.489 e. The number of ether oxygens (including phenoxy) is 1. The Morgan fingerprint density at radius 1 is 1.24 bits per heavy atom. The fourth-order valence-electron chi connectivity index (χ4n) is 2.27. The van der Waals surface area contributed by atoms with E-state index >= 15 is 0 Å². The molecule has 3 aromatic rings. The standard InChI is InChI=1S/C18H20ClFN6O2S/c1-9(2)24-18-22-5-10(6-23-18)16-25-26-17(29-16)12-3-14(20)15(4-13(12)19)28-8-11(21)7-27/h3-6,9,11,27H,7-8,21H2,1-2H3,(H,22,23,24). The number of nitrogens with one attached hydrogen (secondary N) is 1. The summed E-state index contributed by atoms with van der Waals surface area (Å²) in [5, 5.41) is 21.6. The van der Waals surface area contributed by atoms with Gasteiger partial charge in [0.05, 0.1) is 17.7 Å². The lowest BCUT2D eigenvalue weighted by molar-refractivity contribution is 0.202. The van der Waals surface area contributed by atoms with Gasteiger partial charge in [-0.3, -0.25) is 0 Å². The highest BCUT2D eigenvalue weighted by Crippen LogP contribution is 2.37. The van der Waals surface area contributed by atoms with Crippen molar-refractivity contribution >= 4 is 28.9 Å². The van der Waals surface area contributed by atoms with Gasteiger partial charge in [-0.15, -0.1) is 10.2 Å². The van der Waals surface area contributed by atoms with Gasteiger partial charge in [0.2, 0.25) is 5.95 Å². The smallest absolute Gasteiger partial charge is 0.222 e. The molecule has 29 heavy (non-hydrogen) atoms. The second-order valence-electron chi connectivity index (χ2n) is 6.52. The van der Waals surface area contributed by atoms with Crippen molar-refractivity contribution in [3.8, 4) is 26.9 Å². The van der Waals surface area contributed by atoms with Crippen LogP contribution >= 0.6 is 22.9 Å². The number of halogens is 2. The van der Waals surface area contributed by atoms with E-state index in [0.717, 1.165) is 0 Å². The lowest BCUT2D eigenvalue weighted by atomic mass is 10.2. The number of rotatable bonds is 8. The van der Waals surface area contributed by atoms with E-state index in [4.69, 9.17) is 27.2 Å². The normalized spacial score (nSPS) is 12.2. The number of aromatic nitrogens is 4. The minimum atomic E-state index is -0.612. The molecule has 2 aromatic heterocycles. The Bertz CT molecular complexity index is 969. The van der Waals surface area contributed by atoms with Crippen LogP contribution in [0.25, 0.3) is 21.1 Å². The predicted octanol–water partition coefficient (Wildman–Crippen LogP) is 2.97. The molecule has 1 unspecified atom stereocenters. The van der Waals surface area contributed by atoms with Gasteiger partial charge < -0.3 is 20.9 Å². The van der Waals surface area contributed by atoms with E-state index in [9.17, 15) is 4.39 Å². The van der Waals surface area contributed by atoms with Crippen LogP contribution in [-0.4, -0.2) is 50.6 Å². The van der Waals surface area contributed by atoms with E-state index in [1.54, 1.807) is 12.4 Å². The summed E-state index contributed by atoms with van der Waals surface area (Å²) in [4.78, 5) is 8.50. The number of benzene rings is 1. The zero-order valence-electron chi connectivity index (χ0n) is 15.8. The van der Waals surface area contributed by atoms with Gasteiger partial charge in [-0.25, -0.2) is 14.4 Å². The molecule has 11 heteroatoms.